The fraction of sp³-hybridized carbons (Fsp3) is 0.458. The van der Waals surface area contributed by atoms with Crippen LogP contribution in [0.25, 0.3) is 0 Å². The predicted molar refractivity (Wildman–Crippen MR) is 139 cm³/mol. The van der Waals surface area contributed by atoms with E-state index in [1.165, 1.54) is 11.3 Å². The molecule has 2 aromatic carbocycles. The molecule has 170 valence electrons. The minimum Gasteiger partial charge on any atom is -0.496 e. The summed E-state index contributed by atoms with van der Waals surface area (Å²) in [5.74, 6) is 3.29. The van der Waals surface area contributed by atoms with Crippen molar-refractivity contribution < 1.29 is 9.47 Å². The highest BCUT2D eigenvalue weighted by Crippen LogP contribution is 2.31. The zero-order valence-electron chi connectivity index (χ0n) is 18.8. The summed E-state index contributed by atoms with van der Waals surface area (Å²) < 4.78 is 11.0. The van der Waals surface area contributed by atoms with E-state index in [-0.39, 0.29) is 24.0 Å². The summed E-state index contributed by atoms with van der Waals surface area (Å²) in [7, 11) is 3.45. The first-order chi connectivity index (χ1) is 14.7. The molecule has 0 spiro atoms. The number of anilines is 1. The zero-order chi connectivity index (χ0) is 21.2. The van der Waals surface area contributed by atoms with Crippen LogP contribution in [0.1, 0.15) is 18.9 Å². The number of para-hydroxylation sites is 3. The monoisotopic (exact) mass is 538 g/mol. The molecule has 0 aromatic heterocycles. The van der Waals surface area contributed by atoms with Crippen LogP contribution >= 0.6 is 24.0 Å². The third-order valence-corrected chi connectivity index (χ3v) is 5.44. The number of hydrogen-bond acceptors (Lipinski definition) is 4. The number of nitrogens with zero attached hydrogens (tertiary/aromatic N) is 2. The molecule has 0 amide bonds. The standard InChI is InChI=1S/C24H34N4O2.HI/c1-4-25-24(26-15-13-20-9-5-7-11-22(20)29-2)27-17-19-14-16-28(18-19)21-10-6-8-12-23(21)30-3;/h5-12,19H,4,13-18H2,1-3H3,(H2,25,26,27);1H. The molecule has 0 saturated carbocycles. The second kappa shape index (κ2) is 13.3. The van der Waals surface area contributed by atoms with E-state index >= 15 is 0 Å². The lowest BCUT2D eigenvalue weighted by Gasteiger charge is -2.21. The Bertz CT molecular complexity index is 831. The molecule has 2 N–H and O–H groups in total. The van der Waals surface area contributed by atoms with Gasteiger partial charge in [-0.2, -0.15) is 0 Å². The summed E-state index contributed by atoms with van der Waals surface area (Å²) >= 11 is 0. The first kappa shape index (κ1) is 25.1. The normalized spacial score (nSPS) is 15.9. The zero-order valence-corrected chi connectivity index (χ0v) is 21.1. The maximum absolute atomic E-state index is 5.52. The van der Waals surface area contributed by atoms with Crippen LogP contribution < -0.4 is 25.0 Å². The lowest BCUT2D eigenvalue weighted by molar-refractivity contribution is 0.409. The van der Waals surface area contributed by atoms with Gasteiger partial charge in [-0.15, -0.1) is 24.0 Å². The Morgan fingerprint density at radius 2 is 1.74 bits per heavy atom. The highest BCUT2D eigenvalue weighted by molar-refractivity contribution is 14.0. The Morgan fingerprint density at radius 3 is 2.48 bits per heavy atom. The van der Waals surface area contributed by atoms with E-state index in [9.17, 15) is 0 Å². The van der Waals surface area contributed by atoms with Crippen LogP contribution in [0.3, 0.4) is 0 Å². The Kier molecular flexibility index (Phi) is 10.8. The quantitative estimate of drug-likeness (QED) is 0.288. The van der Waals surface area contributed by atoms with E-state index in [2.05, 4.69) is 40.7 Å². The van der Waals surface area contributed by atoms with Gasteiger partial charge in [-0.1, -0.05) is 30.3 Å². The van der Waals surface area contributed by atoms with E-state index in [1.807, 2.05) is 30.3 Å². The molecule has 1 saturated heterocycles. The molecule has 1 fully saturated rings. The van der Waals surface area contributed by atoms with Gasteiger partial charge in [0.05, 0.1) is 19.9 Å². The summed E-state index contributed by atoms with van der Waals surface area (Å²) in [6, 6.07) is 16.4. The average molecular weight is 538 g/mol. The minimum absolute atomic E-state index is 0. The highest BCUT2D eigenvalue weighted by Gasteiger charge is 2.24. The van der Waals surface area contributed by atoms with Gasteiger partial charge < -0.3 is 25.0 Å². The SMILES string of the molecule is CCNC(=NCC1CCN(c2ccccc2OC)C1)NCCc1ccccc1OC.I. The molecule has 0 radical (unpaired) electrons. The number of nitrogens with one attached hydrogen (secondary N) is 2. The van der Waals surface area contributed by atoms with Gasteiger partial charge in [0.15, 0.2) is 5.96 Å². The van der Waals surface area contributed by atoms with Crippen molar-refractivity contribution in [2.45, 2.75) is 19.8 Å². The summed E-state index contributed by atoms with van der Waals surface area (Å²) in [6.45, 7) is 6.61. The van der Waals surface area contributed by atoms with Gasteiger partial charge in [-0.25, -0.2) is 0 Å². The first-order valence-corrected chi connectivity index (χ1v) is 10.8. The third kappa shape index (κ3) is 7.19. The number of benzene rings is 2. The molecule has 0 bridgehead atoms. The average Bonchev–Trinajstić information content (AvgIpc) is 3.26. The molecule has 31 heavy (non-hydrogen) atoms. The van der Waals surface area contributed by atoms with Crippen molar-refractivity contribution >= 4 is 35.6 Å². The Morgan fingerprint density at radius 1 is 1.03 bits per heavy atom. The van der Waals surface area contributed by atoms with E-state index in [0.717, 1.165) is 63.0 Å². The first-order valence-electron chi connectivity index (χ1n) is 10.8. The molecule has 1 heterocycles. The molecule has 1 unspecified atom stereocenters. The van der Waals surface area contributed by atoms with Crippen molar-refractivity contribution in [3.63, 3.8) is 0 Å². The van der Waals surface area contributed by atoms with Gasteiger partial charge in [0.25, 0.3) is 0 Å². The molecular formula is C24H35IN4O2. The fourth-order valence-electron chi connectivity index (χ4n) is 3.88. The Hall–Kier alpha value is -2.16. The Labute approximate surface area is 203 Å². The van der Waals surface area contributed by atoms with E-state index in [1.54, 1.807) is 14.2 Å². The number of hydrogen-bond donors (Lipinski definition) is 2. The van der Waals surface area contributed by atoms with Crippen molar-refractivity contribution in [1.29, 1.82) is 0 Å². The van der Waals surface area contributed by atoms with E-state index in [0.29, 0.717) is 5.92 Å². The fourth-order valence-corrected chi connectivity index (χ4v) is 3.88. The minimum atomic E-state index is 0. The number of ether oxygens (including phenoxy) is 2. The maximum atomic E-state index is 5.52. The van der Waals surface area contributed by atoms with Gasteiger partial charge in [0, 0.05) is 32.7 Å². The summed E-state index contributed by atoms with van der Waals surface area (Å²) in [6.07, 6.45) is 2.03. The van der Waals surface area contributed by atoms with Gasteiger partial charge in [0.2, 0.25) is 0 Å². The molecule has 1 aliphatic rings. The topological polar surface area (TPSA) is 58.1 Å². The Balaban J connectivity index is 0.00000341. The van der Waals surface area contributed by atoms with Crippen molar-refractivity contribution in [3.8, 4) is 11.5 Å². The summed E-state index contributed by atoms with van der Waals surface area (Å²) in [4.78, 5) is 7.25. The van der Waals surface area contributed by atoms with Crippen molar-refractivity contribution in [2.24, 2.45) is 10.9 Å². The van der Waals surface area contributed by atoms with Crippen LogP contribution in [0, 0.1) is 5.92 Å². The van der Waals surface area contributed by atoms with Crippen molar-refractivity contribution in [1.82, 2.24) is 10.6 Å². The van der Waals surface area contributed by atoms with Crippen LogP contribution in [0.5, 0.6) is 11.5 Å². The number of halogens is 1. The van der Waals surface area contributed by atoms with Crippen LogP contribution in [0.2, 0.25) is 0 Å². The molecule has 0 aliphatic carbocycles. The third-order valence-electron chi connectivity index (χ3n) is 5.44. The van der Waals surface area contributed by atoms with Crippen molar-refractivity contribution in [2.75, 3.05) is 51.8 Å². The molecule has 6 nitrogen and oxygen atoms in total. The van der Waals surface area contributed by atoms with Gasteiger partial charge in [-0.05, 0) is 49.4 Å². The van der Waals surface area contributed by atoms with Crippen molar-refractivity contribution in [3.05, 3.63) is 54.1 Å². The van der Waals surface area contributed by atoms with Gasteiger partial charge in [0.1, 0.15) is 11.5 Å². The molecule has 7 heteroatoms. The van der Waals surface area contributed by atoms with E-state index in [4.69, 9.17) is 14.5 Å². The summed E-state index contributed by atoms with van der Waals surface area (Å²) in [5.41, 5.74) is 2.37. The van der Waals surface area contributed by atoms with Crippen LogP contribution in [0.15, 0.2) is 53.5 Å². The second-order valence-electron chi connectivity index (χ2n) is 7.48. The molecule has 3 rings (SSSR count). The van der Waals surface area contributed by atoms with Crippen LogP contribution in [-0.2, 0) is 6.42 Å². The molecule has 1 aliphatic heterocycles. The lowest BCUT2D eigenvalue weighted by atomic mass is 10.1. The second-order valence-corrected chi connectivity index (χ2v) is 7.48. The highest BCUT2D eigenvalue weighted by atomic mass is 127. The number of rotatable bonds is 9. The molecular weight excluding hydrogens is 503 g/mol. The molecule has 2 aromatic rings. The smallest absolute Gasteiger partial charge is 0.191 e. The lowest BCUT2D eigenvalue weighted by Crippen LogP contribution is -2.38. The number of methoxy groups -OCH3 is 2. The number of aliphatic imine (C=N–C) groups is 1. The summed E-state index contributed by atoms with van der Waals surface area (Å²) in [5, 5.41) is 6.81. The van der Waals surface area contributed by atoms with Gasteiger partial charge in [-0.3, -0.25) is 4.99 Å². The predicted octanol–water partition coefficient (Wildman–Crippen LogP) is 3.95. The maximum Gasteiger partial charge on any atom is 0.191 e. The molecule has 1 atom stereocenters. The number of guanidine groups is 1. The van der Waals surface area contributed by atoms with Gasteiger partial charge >= 0.3 is 0 Å². The largest absolute Gasteiger partial charge is 0.496 e. The van der Waals surface area contributed by atoms with Crippen LogP contribution in [0.4, 0.5) is 5.69 Å². The van der Waals surface area contributed by atoms with Crippen LogP contribution in [-0.4, -0.2) is 52.9 Å². The van der Waals surface area contributed by atoms with E-state index < -0.39 is 0 Å².